The van der Waals surface area contributed by atoms with E-state index in [2.05, 4.69) is 149 Å². The zero-order chi connectivity index (χ0) is 29.5. The Bertz CT molecular complexity index is 2520. The number of benzene rings is 5. The minimum absolute atomic E-state index is 0.271. The first kappa shape index (κ1) is 24.9. The molecule has 0 radical (unpaired) electrons. The molecule has 0 amide bonds. The van der Waals surface area contributed by atoms with Gasteiger partial charge in [-0.05, 0) is 59.2 Å². The summed E-state index contributed by atoms with van der Waals surface area (Å²) >= 11 is 1.74. The molecule has 4 nitrogen and oxygen atoms in total. The van der Waals surface area contributed by atoms with Crippen molar-refractivity contribution in [1.82, 2.24) is 14.5 Å². The van der Waals surface area contributed by atoms with E-state index >= 15 is 0 Å². The van der Waals surface area contributed by atoms with E-state index in [1.165, 1.54) is 48.9 Å². The zero-order valence-corrected chi connectivity index (χ0v) is 25.0. The second-order valence-electron chi connectivity index (χ2n) is 11.8. The fourth-order valence-corrected chi connectivity index (χ4v) is 8.40. The molecule has 3 aromatic heterocycles. The predicted octanol–water partition coefficient (Wildman–Crippen LogP) is 10.3. The van der Waals surface area contributed by atoms with Crippen LogP contribution in [0.1, 0.15) is 11.5 Å². The van der Waals surface area contributed by atoms with Gasteiger partial charge in [-0.1, -0.05) is 97.1 Å². The molecular weight excluding hydrogens is 569 g/mol. The molecule has 45 heavy (non-hydrogen) atoms. The number of anilines is 2. The Morgan fingerprint density at radius 1 is 0.622 bits per heavy atom. The summed E-state index contributed by atoms with van der Waals surface area (Å²) in [6.07, 6.45) is 11.0. The van der Waals surface area contributed by atoms with Crippen molar-refractivity contribution in [2.24, 2.45) is 0 Å². The summed E-state index contributed by atoms with van der Waals surface area (Å²) in [6, 6.07) is 41.9. The fraction of sp³-hybridized carbons (Fsp3) is 0.0500. The van der Waals surface area contributed by atoms with Gasteiger partial charge in [0.25, 0.3) is 0 Å². The fourth-order valence-electron chi connectivity index (χ4n) is 7.38. The van der Waals surface area contributed by atoms with Crippen LogP contribution in [-0.2, 0) is 0 Å². The molecular formula is C40H26N4S. The van der Waals surface area contributed by atoms with Crippen molar-refractivity contribution >= 4 is 64.8 Å². The van der Waals surface area contributed by atoms with Crippen LogP contribution in [0.2, 0.25) is 0 Å². The van der Waals surface area contributed by atoms with Crippen LogP contribution in [0, 0.1) is 0 Å². The Hall–Kier alpha value is -5.52. The third-order valence-electron chi connectivity index (χ3n) is 9.40. The Morgan fingerprint density at radius 3 is 2.31 bits per heavy atom. The molecule has 1 aliphatic carbocycles. The topological polar surface area (TPSA) is 34.0 Å². The largest absolute Gasteiger partial charge is 0.333 e. The van der Waals surface area contributed by atoms with E-state index in [0.717, 1.165) is 21.3 Å². The lowest BCUT2D eigenvalue weighted by Gasteiger charge is -2.28. The first-order valence-corrected chi connectivity index (χ1v) is 16.1. The highest BCUT2D eigenvalue weighted by molar-refractivity contribution is 7.25. The van der Waals surface area contributed by atoms with Crippen molar-refractivity contribution in [3.05, 3.63) is 151 Å². The van der Waals surface area contributed by atoms with Gasteiger partial charge in [0.05, 0.1) is 33.5 Å². The van der Waals surface area contributed by atoms with Gasteiger partial charge in [0.2, 0.25) is 5.95 Å². The van der Waals surface area contributed by atoms with Crippen molar-refractivity contribution in [3.8, 4) is 17.1 Å². The summed E-state index contributed by atoms with van der Waals surface area (Å²) in [5, 5.41) is 3.58. The van der Waals surface area contributed by atoms with Gasteiger partial charge < -0.3 is 4.90 Å². The third kappa shape index (κ3) is 3.65. The lowest BCUT2D eigenvalue weighted by molar-refractivity contribution is 0.745. The molecule has 0 bridgehead atoms. The number of allylic oxidation sites excluding steroid dienone is 2. The van der Waals surface area contributed by atoms with Crippen LogP contribution >= 0.6 is 11.3 Å². The van der Waals surface area contributed by atoms with Gasteiger partial charge in [0.15, 0.2) is 0 Å². The number of fused-ring (bicyclic) bond motifs is 9. The van der Waals surface area contributed by atoms with Crippen molar-refractivity contribution in [2.75, 3.05) is 4.90 Å². The van der Waals surface area contributed by atoms with Crippen LogP contribution < -0.4 is 4.90 Å². The van der Waals surface area contributed by atoms with Crippen molar-refractivity contribution < 1.29 is 0 Å². The molecule has 1 aliphatic heterocycles. The zero-order valence-electron chi connectivity index (χ0n) is 24.2. The van der Waals surface area contributed by atoms with Crippen molar-refractivity contribution in [1.29, 1.82) is 0 Å². The number of nitrogens with zero attached hydrogens (tertiary/aromatic N) is 4. The summed E-state index contributed by atoms with van der Waals surface area (Å²) < 4.78 is 4.57. The van der Waals surface area contributed by atoms with Gasteiger partial charge in [-0.2, -0.15) is 0 Å². The molecule has 0 fully saturated rings. The quantitative estimate of drug-likeness (QED) is 0.204. The molecule has 0 spiro atoms. The maximum atomic E-state index is 5.18. The van der Waals surface area contributed by atoms with Crippen LogP contribution in [0.4, 0.5) is 11.4 Å². The SMILES string of the molecule is C1=CC2c3cc(-c4ccc5c6ccccc6n(-c6ncc7sc8ccccc8c7n6)c5c4)ccc3N(c3ccccc3)C2C=C1. The lowest BCUT2D eigenvalue weighted by atomic mass is 9.89. The molecule has 0 N–H and O–H groups in total. The number of rotatable bonds is 3. The van der Waals surface area contributed by atoms with E-state index in [1.54, 1.807) is 11.3 Å². The van der Waals surface area contributed by atoms with Crippen molar-refractivity contribution in [3.63, 3.8) is 0 Å². The lowest BCUT2D eigenvalue weighted by Crippen LogP contribution is -2.28. The maximum Gasteiger partial charge on any atom is 0.235 e. The first-order valence-electron chi connectivity index (χ1n) is 15.3. The summed E-state index contributed by atoms with van der Waals surface area (Å²) in [4.78, 5) is 12.6. The van der Waals surface area contributed by atoms with E-state index in [9.17, 15) is 0 Å². The molecule has 8 aromatic rings. The van der Waals surface area contributed by atoms with Gasteiger partial charge in [-0.25, -0.2) is 9.97 Å². The third-order valence-corrected chi connectivity index (χ3v) is 10.5. The first-order chi connectivity index (χ1) is 22.3. The molecule has 5 aromatic carbocycles. The average molecular weight is 595 g/mol. The summed E-state index contributed by atoms with van der Waals surface area (Å²) in [5.74, 6) is 1.00. The molecule has 0 saturated heterocycles. The molecule has 0 saturated carbocycles. The molecule has 10 rings (SSSR count). The van der Waals surface area contributed by atoms with Crippen LogP contribution in [0.25, 0.3) is 59.2 Å². The smallest absolute Gasteiger partial charge is 0.235 e. The second-order valence-corrected chi connectivity index (χ2v) is 12.9. The van der Waals surface area contributed by atoms with Crippen LogP contribution in [-0.4, -0.2) is 20.6 Å². The van der Waals surface area contributed by atoms with E-state index in [-0.39, 0.29) is 6.04 Å². The van der Waals surface area contributed by atoms with E-state index in [0.29, 0.717) is 11.9 Å². The van der Waals surface area contributed by atoms with E-state index < -0.39 is 0 Å². The Kier molecular flexibility index (Phi) is 5.24. The Morgan fingerprint density at radius 2 is 1.38 bits per heavy atom. The van der Waals surface area contributed by atoms with Gasteiger partial charge in [-0.3, -0.25) is 4.57 Å². The Balaban J connectivity index is 1.16. The summed E-state index contributed by atoms with van der Waals surface area (Å²) in [5.41, 5.74) is 9.48. The number of thiophene rings is 1. The molecule has 2 atom stereocenters. The van der Waals surface area contributed by atoms with Crippen LogP contribution in [0.3, 0.4) is 0 Å². The number of hydrogen-bond donors (Lipinski definition) is 0. The van der Waals surface area contributed by atoms with E-state index in [1.807, 2.05) is 6.20 Å². The summed E-state index contributed by atoms with van der Waals surface area (Å²) in [7, 11) is 0. The molecule has 4 heterocycles. The monoisotopic (exact) mass is 594 g/mol. The minimum atomic E-state index is 0.271. The molecule has 212 valence electrons. The van der Waals surface area contributed by atoms with Gasteiger partial charge in [-0.15, -0.1) is 11.3 Å². The number of para-hydroxylation sites is 2. The number of hydrogen-bond acceptors (Lipinski definition) is 4. The van der Waals surface area contributed by atoms with Crippen LogP contribution in [0.15, 0.2) is 146 Å². The highest BCUT2D eigenvalue weighted by Crippen LogP contribution is 2.49. The number of aromatic nitrogens is 3. The highest BCUT2D eigenvalue weighted by atomic mass is 32.1. The average Bonchev–Trinajstić information content (AvgIpc) is 3.75. The summed E-state index contributed by atoms with van der Waals surface area (Å²) in [6.45, 7) is 0. The highest BCUT2D eigenvalue weighted by Gasteiger charge is 2.37. The van der Waals surface area contributed by atoms with E-state index in [4.69, 9.17) is 9.97 Å². The van der Waals surface area contributed by atoms with Crippen LogP contribution in [0.5, 0.6) is 0 Å². The molecule has 2 unspecified atom stereocenters. The minimum Gasteiger partial charge on any atom is -0.333 e. The predicted molar refractivity (Wildman–Crippen MR) is 188 cm³/mol. The normalized spacial score (nSPS) is 17.1. The van der Waals surface area contributed by atoms with Crippen molar-refractivity contribution in [2.45, 2.75) is 12.0 Å². The Labute approximate surface area is 263 Å². The van der Waals surface area contributed by atoms with Gasteiger partial charge >= 0.3 is 0 Å². The second kappa shape index (κ2) is 9.49. The molecule has 2 aliphatic rings. The van der Waals surface area contributed by atoms with Gasteiger partial charge in [0, 0.05) is 38.2 Å². The maximum absolute atomic E-state index is 5.18. The molecule has 5 heteroatoms. The standard InChI is InChI=1S/C40H26N4S/c1-2-10-27(11-3-1)43-33-15-7-5-13-29(33)32-22-25(19-21-35(32)43)26-18-20-30-28-12-4-8-16-34(28)44(36(30)23-26)40-41-24-38-39(42-40)31-14-6-9-17-37(31)45-38/h1-24,29,33H. The van der Waals surface area contributed by atoms with Gasteiger partial charge in [0.1, 0.15) is 0 Å².